The van der Waals surface area contributed by atoms with E-state index < -0.39 is 5.54 Å². The van der Waals surface area contributed by atoms with Gasteiger partial charge in [0.15, 0.2) is 0 Å². The van der Waals surface area contributed by atoms with Crippen LogP contribution in [0.15, 0.2) is 24.3 Å². The second kappa shape index (κ2) is 6.60. The number of benzene rings is 1. The van der Waals surface area contributed by atoms with Crippen LogP contribution in [0.4, 0.5) is 0 Å². The molecule has 3 rings (SSSR count). The first-order valence-corrected chi connectivity index (χ1v) is 8.18. The summed E-state index contributed by atoms with van der Waals surface area (Å²) in [5.41, 5.74) is 6.31. The fourth-order valence-electron chi connectivity index (χ4n) is 4.01. The minimum absolute atomic E-state index is 0. The van der Waals surface area contributed by atoms with Crippen molar-refractivity contribution in [2.24, 2.45) is 17.1 Å². The van der Waals surface area contributed by atoms with Gasteiger partial charge in [0, 0.05) is 29.5 Å². The summed E-state index contributed by atoms with van der Waals surface area (Å²) in [7, 11) is 0. The molecule has 6 heteroatoms. The number of fused-ring (bicyclic) bond motifs is 1. The van der Waals surface area contributed by atoms with Crippen LogP contribution >= 0.6 is 24.0 Å². The lowest BCUT2D eigenvalue weighted by molar-refractivity contribution is -0.225. The molecule has 0 bridgehead atoms. The first-order chi connectivity index (χ1) is 10.4. The zero-order chi connectivity index (χ0) is 16.0. The minimum atomic E-state index is -0.864. The number of ether oxygens (including phenoxy) is 1. The standard InChI is InChI=1S/C17H23ClN2O2.ClH/c1-16(2)14-13(7-4-8-22-14)17(16,19)15(21)20-10-11-5-3-6-12(18)9-11;/h3,5-6,9,13-14H,4,7-8,10,19H2,1-2H3,(H,20,21);1H. The maximum Gasteiger partial charge on any atom is 0.241 e. The van der Waals surface area contributed by atoms with Crippen molar-refractivity contribution in [3.63, 3.8) is 0 Å². The summed E-state index contributed by atoms with van der Waals surface area (Å²) in [6, 6.07) is 7.48. The summed E-state index contributed by atoms with van der Waals surface area (Å²) < 4.78 is 5.84. The molecule has 128 valence electrons. The van der Waals surface area contributed by atoms with Crippen molar-refractivity contribution < 1.29 is 9.53 Å². The van der Waals surface area contributed by atoms with Crippen molar-refractivity contribution in [2.75, 3.05) is 6.61 Å². The Morgan fingerprint density at radius 2 is 2.22 bits per heavy atom. The largest absolute Gasteiger partial charge is 0.377 e. The van der Waals surface area contributed by atoms with Crippen LogP contribution in [0, 0.1) is 11.3 Å². The smallest absolute Gasteiger partial charge is 0.241 e. The van der Waals surface area contributed by atoms with Crippen LogP contribution in [0.1, 0.15) is 32.3 Å². The van der Waals surface area contributed by atoms with Crippen LogP contribution in [-0.4, -0.2) is 24.2 Å². The maximum atomic E-state index is 12.8. The Labute approximate surface area is 148 Å². The SMILES string of the molecule is CC1(C)C2OCCCC2C1(N)C(=O)NCc1cccc(Cl)c1.Cl. The maximum absolute atomic E-state index is 12.8. The molecule has 1 saturated heterocycles. The van der Waals surface area contributed by atoms with Crippen molar-refractivity contribution in [3.05, 3.63) is 34.9 Å². The number of carbonyl (C=O) groups is 1. The van der Waals surface area contributed by atoms with Crippen LogP contribution in [-0.2, 0) is 16.1 Å². The van der Waals surface area contributed by atoms with Gasteiger partial charge in [-0.05, 0) is 30.5 Å². The first kappa shape index (κ1) is 18.5. The third-order valence-corrected chi connectivity index (χ3v) is 5.64. The van der Waals surface area contributed by atoms with Gasteiger partial charge in [0.2, 0.25) is 5.91 Å². The third kappa shape index (κ3) is 2.86. The lowest BCUT2D eigenvalue weighted by Crippen LogP contribution is -2.82. The molecule has 2 aliphatic rings. The molecule has 1 amide bonds. The Bertz CT molecular complexity index is 594. The molecule has 0 aromatic heterocycles. The number of halogens is 2. The molecular formula is C17H24Cl2N2O2. The second-order valence-corrected chi connectivity index (χ2v) is 7.38. The third-order valence-electron chi connectivity index (χ3n) is 5.40. The van der Waals surface area contributed by atoms with Gasteiger partial charge in [-0.15, -0.1) is 12.4 Å². The molecule has 23 heavy (non-hydrogen) atoms. The molecule has 1 aliphatic carbocycles. The van der Waals surface area contributed by atoms with E-state index in [1.807, 2.05) is 38.1 Å². The van der Waals surface area contributed by atoms with E-state index in [4.69, 9.17) is 22.1 Å². The molecule has 1 aromatic rings. The van der Waals surface area contributed by atoms with Crippen molar-refractivity contribution >= 4 is 29.9 Å². The summed E-state index contributed by atoms with van der Waals surface area (Å²) in [5.74, 6) is 0.0137. The second-order valence-electron chi connectivity index (χ2n) is 6.94. The molecule has 2 fully saturated rings. The van der Waals surface area contributed by atoms with E-state index >= 15 is 0 Å². The van der Waals surface area contributed by atoms with Gasteiger partial charge in [0.25, 0.3) is 0 Å². The predicted molar refractivity (Wildman–Crippen MR) is 93.7 cm³/mol. The van der Waals surface area contributed by atoms with Gasteiger partial charge in [-0.25, -0.2) is 0 Å². The number of hydrogen-bond acceptors (Lipinski definition) is 3. The number of amides is 1. The Balaban J connectivity index is 0.00000192. The molecule has 1 aromatic carbocycles. The predicted octanol–water partition coefficient (Wildman–Crippen LogP) is 2.91. The summed E-state index contributed by atoms with van der Waals surface area (Å²) in [5, 5.41) is 3.64. The average molecular weight is 359 g/mol. The molecular weight excluding hydrogens is 335 g/mol. The molecule has 0 spiro atoms. The molecule has 3 unspecified atom stereocenters. The van der Waals surface area contributed by atoms with Crippen molar-refractivity contribution in [1.82, 2.24) is 5.32 Å². The molecule has 4 nitrogen and oxygen atoms in total. The van der Waals surface area contributed by atoms with Crippen molar-refractivity contribution in [3.8, 4) is 0 Å². The number of nitrogens with one attached hydrogen (secondary N) is 1. The molecule has 0 radical (unpaired) electrons. The summed E-state index contributed by atoms with van der Waals surface area (Å²) in [4.78, 5) is 12.8. The summed E-state index contributed by atoms with van der Waals surface area (Å²) in [6.07, 6.45) is 2.01. The van der Waals surface area contributed by atoms with Gasteiger partial charge < -0.3 is 15.8 Å². The zero-order valence-corrected chi connectivity index (χ0v) is 15.0. The minimum Gasteiger partial charge on any atom is -0.377 e. The van der Waals surface area contributed by atoms with E-state index in [1.54, 1.807) is 0 Å². The van der Waals surface area contributed by atoms with Gasteiger partial charge in [-0.1, -0.05) is 37.6 Å². The van der Waals surface area contributed by atoms with Gasteiger partial charge in [0.05, 0.1) is 6.10 Å². The highest BCUT2D eigenvalue weighted by molar-refractivity contribution is 6.30. The normalized spacial score (nSPS) is 31.3. The number of nitrogens with two attached hydrogens (primary N) is 1. The molecule has 1 aliphatic heterocycles. The van der Waals surface area contributed by atoms with E-state index in [0.717, 1.165) is 25.0 Å². The highest BCUT2D eigenvalue weighted by atomic mass is 35.5. The van der Waals surface area contributed by atoms with Gasteiger partial charge in [0.1, 0.15) is 5.54 Å². The first-order valence-electron chi connectivity index (χ1n) is 7.80. The van der Waals surface area contributed by atoms with Crippen molar-refractivity contribution in [2.45, 2.75) is 44.9 Å². The lowest BCUT2D eigenvalue weighted by Gasteiger charge is -2.65. The number of rotatable bonds is 3. The van der Waals surface area contributed by atoms with Gasteiger partial charge in [-0.3, -0.25) is 4.79 Å². The zero-order valence-electron chi connectivity index (χ0n) is 13.5. The Morgan fingerprint density at radius 3 is 2.91 bits per heavy atom. The average Bonchev–Trinajstić information content (AvgIpc) is 2.51. The lowest BCUT2D eigenvalue weighted by atomic mass is 9.46. The van der Waals surface area contributed by atoms with Gasteiger partial charge in [-0.2, -0.15) is 0 Å². The Hall–Kier alpha value is -0.810. The van der Waals surface area contributed by atoms with Crippen LogP contribution in [0.3, 0.4) is 0 Å². The monoisotopic (exact) mass is 358 g/mol. The molecule has 1 saturated carbocycles. The molecule has 1 heterocycles. The van der Waals surface area contributed by atoms with E-state index in [1.165, 1.54) is 0 Å². The number of hydrogen-bond donors (Lipinski definition) is 2. The van der Waals surface area contributed by atoms with Crippen LogP contribution < -0.4 is 11.1 Å². The van der Waals surface area contributed by atoms with E-state index in [0.29, 0.717) is 11.6 Å². The molecule has 3 N–H and O–H groups in total. The highest BCUT2D eigenvalue weighted by Gasteiger charge is 2.70. The topological polar surface area (TPSA) is 64.3 Å². The molecule has 3 atom stereocenters. The van der Waals surface area contributed by atoms with E-state index in [9.17, 15) is 4.79 Å². The van der Waals surface area contributed by atoms with Crippen molar-refractivity contribution in [1.29, 1.82) is 0 Å². The fourth-order valence-corrected chi connectivity index (χ4v) is 4.23. The van der Waals surface area contributed by atoms with Gasteiger partial charge >= 0.3 is 0 Å². The Morgan fingerprint density at radius 1 is 1.48 bits per heavy atom. The van der Waals surface area contributed by atoms with Crippen LogP contribution in [0.2, 0.25) is 5.02 Å². The highest BCUT2D eigenvalue weighted by Crippen LogP contribution is 2.57. The fraction of sp³-hybridized carbons (Fsp3) is 0.588. The van der Waals surface area contributed by atoms with E-state index in [2.05, 4.69) is 5.32 Å². The summed E-state index contributed by atoms with van der Waals surface area (Å²) >= 11 is 5.97. The van der Waals surface area contributed by atoms with Crippen LogP contribution in [0.5, 0.6) is 0 Å². The van der Waals surface area contributed by atoms with E-state index in [-0.39, 0.29) is 35.8 Å². The summed E-state index contributed by atoms with van der Waals surface area (Å²) in [6.45, 7) is 5.26. The quantitative estimate of drug-likeness (QED) is 0.872. The van der Waals surface area contributed by atoms with Crippen LogP contribution in [0.25, 0.3) is 0 Å². The Kier molecular flexibility index (Phi) is 5.31. The number of carbonyl (C=O) groups excluding carboxylic acids is 1.